The summed E-state index contributed by atoms with van der Waals surface area (Å²) in [6.07, 6.45) is 0. The lowest BCUT2D eigenvalue weighted by atomic mass is 9.46. The molecule has 8 heteroatoms. The molecule has 2 bridgehead atoms. The number of hydrogen-bond acceptors (Lipinski definition) is 5. The van der Waals surface area contributed by atoms with E-state index >= 15 is 0 Å². The van der Waals surface area contributed by atoms with Crippen molar-refractivity contribution in [2.24, 2.45) is 11.8 Å². The number of nitrogens with zero attached hydrogens (tertiary/aromatic N) is 2. The predicted molar refractivity (Wildman–Crippen MR) is 126 cm³/mol. The van der Waals surface area contributed by atoms with Gasteiger partial charge in [0.2, 0.25) is 11.8 Å². The van der Waals surface area contributed by atoms with Gasteiger partial charge in [-0.2, -0.15) is 0 Å². The number of halogens is 1. The molecule has 1 fully saturated rings. The number of carbonyl (C=O) groups excluding carboxylic acids is 3. The summed E-state index contributed by atoms with van der Waals surface area (Å²) in [4.78, 5) is 53.7. The van der Waals surface area contributed by atoms with E-state index in [1.54, 1.807) is 6.07 Å². The fourth-order valence-electron chi connectivity index (χ4n) is 6.44. The summed E-state index contributed by atoms with van der Waals surface area (Å²) >= 11 is 3.22. The van der Waals surface area contributed by atoms with E-state index in [1.165, 1.54) is 19.1 Å². The van der Waals surface area contributed by atoms with Crippen LogP contribution in [0.1, 0.15) is 35.1 Å². The minimum Gasteiger partial charge on any atom is -0.299 e. The molecule has 34 heavy (non-hydrogen) atoms. The largest absolute Gasteiger partial charge is 0.299 e. The quantitative estimate of drug-likeness (QED) is 0.290. The molecule has 3 aliphatic carbocycles. The van der Waals surface area contributed by atoms with Crippen LogP contribution in [-0.4, -0.2) is 22.5 Å². The van der Waals surface area contributed by atoms with Crippen LogP contribution >= 0.6 is 15.9 Å². The van der Waals surface area contributed by atoms with Crippen LogP contribution in [0.3, 0.4) is 0 Å². The molecule has 3 aromatic carbocycles. The van der Waals surface area contributed by atoms with Crippen molar-refractivity contribution in [3.8, 4) is 0 Å². The molecule has 2 atom stereocenters. The normalized spacial score (nSPS) is 26.2. The number of carbonyl (C=O) groups is 3. The highest BCUT2D eigenvalue weighted by molar-refractivity contribution is 9.10. The van der Waals surface area contributed by atoms with Gasteiger partial charge in [0.05, 0.1) is 22.2 Å². The molecule has 168 valence electrons. The number of rotatable bonds is 3. The first-order valence-corrected chi connectivity index (χ1v) is 11.6. The summed E-state index contributed by atoms with van der Waals surface area (Å²) in [6, 6.07) is 19.2. The molecular formula is C26H17BrN2O5. The van der Waals surface area contributed by atoms with Gasteiger partial charge >= 0.3 is 0 Å². The number of benzene rings is 3. The van der Waals surface area contributed by atoms with Crippen molar-refractivity contribution >= 4 is 44.9 Å². The van der Waals surface area contributed by atoms with E-state index in [-0.39, 0.29) is 17.2 Å². The van der Waals surface area contributed by atoms with Gasteiger partial charge in [0.25, 0.3) is 5.69 Å². The van der Waals surface area contributed by atoms with Crippen molar-refractivity contribution < 1.29 is 19.3 Å². The van der Waals surface area contributed by atoms with Gasteiger partial charge in [-0.1, -0.05) is 64.5 Å². The zero-order valence-electron chi connectivity index (χ0n) is 17.9. The average Bonchev–Trinajstić information content (AvgIpc) is 3.09. The predicted octanol–water partition coefficient (Wildman–Crippen LogP) is 4.50. The van der Waals surface area contributed by atoms with Crippen molar-refractivity contribution in [2.75, 3.05) is 4.90 Å². The average molecular weight is 517 g/mol. The Balaban J connectivity index is 1.66. The number of ketones is 1. The molecule has 1 heterocycles. The Hall–Kier alpha value is -3.65. The zero-order chi connectivity index (χ0) is 23.9. The van der Waals surface area contributed by atoms with E-state index in [4.69, 9.17) is 0 Å². The van der Waals surface area contributed by atoms with E-state index in [9.17, 15) is 24.5 Å². The van der Waals surface area contributed by atoms with Crippen LogP contribution in [0.15, 0.2) is 71.2 Å². The number of nitro benzene ring substituents is 1. The molecule has 7 nitrogen and oxygen atoms in total. The Morgan fingerprint density at radius 1 is 0.971 bits per heavy atom. The minimum atomic E-state index is -1.34. The van der Waals surface area contributed by atoms with Crippen molar-refractivity contribution in [3.63, 3.8) is 0 Å². The molecule has 1 aliphatic heterocycles. The molecule has 0 N–H and O–H groups in total. The molecule has 2 unspecified atom stereocenters. The van der Waals surface area contributed by atoms with Crippen LogP contribution < -0.4 is 4.90 Å². The highest BCUT2D eigenvalue weighted by Gasteiger charge is 2.70. The molecule has 0 radical (unpaired) electrons. The number of anilines is 1. The number of nitro groups is 1. The molecule has 7 rings (SSSR count). The second-order valence-corrected chi connectivity index (χ2v) is 9.84. The van der Waals surface area contributed by atoms with Gasteiger partial charge in [-0.3, -0.25) is 24.5 Å². The van der Waals surface area contributed by atoms with Crippen LogP contribution in [-0.2, 0) is 19.8 Å². The first-order valence-electron chi connectivity index (χ1n) is 10.8. The lowest BCUT2D eigenvalue weighted by Crippen LogP contribution is -2.57. The molecule has 0 spiro atoms. The topological polar surface area (TPSA) is 97.6 Å². The van der Waals surface area contributed by atoms with Crippen molar-refractivity contribution in [2.45, 2.75) is 18.3 Å². The lowest BCUT2D eigenvalue weighted by molar-refractivity contribution is -0.384. The van der Waals surface area contributed by atoms with E-state index in [1.807, 2.05) is 48.5 Å². The van der Waals surface area contributed by atoms with E-state index in [2.05, 4.69) is 15.9 Å². The summed E-state index contributed by atoms with van der Waals surface area (Å²) in [7, 11) is 0. The standard InChI is InChI=1S/C26H17BrN2O5/c1-13(30)26-17-8-4-2-6-15(17)21(16-7-3-5-9-18(16)26)22-23(26)25(32)28(24(22)31)19-11-10-14(27)12-20(19)29(33)34/h2-12,21-23H,1H3. The van der Waals surface area contributed by atoms with Crippen LogP contribution in [0, 0.1) is 22.0 Å². The van der Waals surface area contributed by atoms with Crippen LogP contribution in [0.25, 0.3) is 0 Å². The van der Waals surface area contributed by atoms with Gasteiger partial charge in [0, 0.05) is 16.5 Å². The molecule has 0 aromatic heterocycles. The van der Waals surface area contributed by atoms with Crippen LogP contribution in [0.5, 0.6) is 0 Å². The van der Waals surface area contributed by atoms with Crippen molar-refractivity contribution in [1.29, 1.82) is 0 Å². The maximum atomic E-state index is 14.0. The van der Waals surface area contributed by atoms with Gasteiger partial charge in [0.15, 0.2) is 0 Å². The fourth-order valence-corrected chi connectivity index (χ4v) is 6.79. The van der Waals surface area contributed by atoms with Crippen LogP contribution in [0.2, 0.25) is 0 Å². The Kier molecular flexibility index (Phi) is 4.26. The second-order valence-electron chi connectivity index (χ2n) is 8.92. The number of Topliss-reactive ketones (excluding diaryl/α,β-unsaturated/α-hetero) is 1. The third-order valence-electron chi connectivity index (χ3n) is 7.55. The van der Waals surface area contributed by atoms with Gasteiger partial charge in [-0.05, 0) is 41.3 Å². The summed E-state index contributed by atoms with van der Waals surface area (Å²) in [5, 5.41) is 11.8. The number of amides is 2. The maximum Gasteiger partial charge on any atom is 0.294 e. The molecule has 4 aliphatic rings. The fraction of sp³-hybridized carbons (Fsp3) is 0.192. The van der Waals surface area contributed by atoms with E-state index in [0.717, 1.165) is 27.2 Å². The highest BCUT2D eigenvalue weighted by atomic mass is 79.9. The highest BCUT2D eigenvalue weighted by Crippen LogP contribution is 2.64. The van der Waals surface area contributed by atoms with Gasteiger partial charge in [-0.15, -0.1) is 0 Å². The SMILES string of the molecule is CC(=O)C12c3ccccc3C(c3ccccc31)C1C(=O)N(c3ccc(Br)cc3[N+](=O)[O-])C(=O)C12. The van der Waals surface area contributed by atoms with E-state index < -0.39 is 39.9 Å². The number of imide groups is 1. The minimum absolute atomic E-state index is 0.0798. The summed E-state index contributed by atoms with van der Waals surface area (Å²) < 4.78 is 0.458. The molecule has 0 saturated carbocycles. The first kappa shape index (κ1) is 20.9. The third kappa shape index (κ3) is 2.33. The molecule has 2 amide bonds. The summed E-state index contributed by atoms with van der Waals surface area (Å²) in [5.74, 6) is -3.55. The smallest absolute Gasteiger partial charge is 0.294 e. The van der Waals surface area contributed by atoms with E-state index in [0.29, 0.717) is 4.47 Å². The van der Waals surface area contributed by atoms with Crippen LogP contribution in [0.4, 0.5) is 11.4 Å². The molecule has 1 saturated heterocycles. The summed E-state index contributed by atoms with van der Waals surface area (Å²) in [5.41, 5.74) is 1.41. The lowest BCUT2D eigenvalue weighted by Gasteiger charge is -2.52. The monoisotopic (exact) mass is 516 g/mol. The first-order chi connectivity index (χ1) is 16.3. The Morgan fingerprint density at radius 3 is 2.12 bits per heavy atom. The summed E-state index contributed by atoms with van der Waals surface area (Å²) in [6.45, 7) is 1.46. The Bertz CT molecular complexity index is 1420. The number of hydrogen-bond donors (Lipinski definition) is 0. The zero-order valence-corrected chi connectivity index (χ0v) is 19.5. The molecular weight excluding hydrogens is 500 g/mol. The van der Waals surface area contributed by atoms with Crippen molar-refractivity contribution in [3.05, 3.63) is 104 Å². The second kappa shape index (κ2) is 6.93. The Morgan fingerprint density at radius 2 is 1.56 bits per heavy atom. The Labute approximate surface area is 202 Å². The molecule has 3 aromatic rings. The van der Waals surface area contributed by atoms with Gasteiger partial charge < -0.3 is 0 Å². The third-order valence-corrected chi connectivity index (χ3v) is 8.04. The van der Waals surface area contributed by atoms with Gasteiger partial charge in [0.1, 0.15) is 11.5 Å². The van der Waals surface area contributed by atoms with Crippen molar-refractivity contribution in [1.82, 2.24) is 0 Å². The van der Waals surface area contributed by atoms with Gasteiger partial charge in [-0.25, -0.2) is 4.90 Å². The maximum absolute atomic E-state index is 14.0.